The normalized spacial score (nSPS) is 18.6. The molecule has 16 heavy (non-hydrogen) atoms. The minimum atomic E-state index is -0.938. The molecule has 1 aliphatic rings. The average Bonchev–Trinajstić information content (AvgIpc) is 2.09. The number of carboxylic acids is 1. The van der Waals surface area contributed by atoms with Crippen LogP contribution in [0.15, 0.2) is 0 Å². The predicted molar refractivity (Wildman–Crippen MR) is 50.1 cm³/mol. The third-order valence-electron chi connectivity index (χ3n) is 2.64. The standard InChI is InChI=1S/C9H18N2O2.2Li.H2O/c1-3-8(9(12)13)11-6-4-10(2)5-7-11;;;/h8H,3-7H2,1-2H3,(H,12,13);;;1H2/q;2*+1;/p-2. The van der Waals surface area contributed by atoms with Crippen molar-refractivity contribution in [1.82, 2.24) is 9.80 Å². The largest absolute Gasteiger partial charge is 1.00 e. The van der Waals surface area contributed by atoms with Crippen LogP contribution in [0.3, 0.4) is 0 Å². The van der Waals surface area contributed by atoms with Crippen LogP contribution >= 0.6 is 0 Å². The van der Waals surface area contributed by atoms with E-state index in [0.29, 0.717) is 6.42 Å². The molecule has 0 spiro atoms. The summed E-state index contributed by atoms with van der Waals surface area (Å²) in [5.41, 5.74) is 0. The van der Waals surface area contributed by atoms with Gasteiger partial charge in [-0.25, -0.2) is 0 Å². The first-order valence-corrected chi connectivity index (χ1v) is 4.78. The van der Waals surface area contributed by atoms with Crippen LogP contribution in [0.5, 0.6) is 0 Å². The Morgan fingerprint density at radius 1 is 1.25 bits per heavy atom. The summed E-state index contributed by atoms with van der Waals surface area (Å²) < 4.78 is 0. The maximum atomic E-state index is 10.7. The zero-order valence-electron chi connectivity index (χ0n) is 10.8. The Morgan fingerprint density at radius 3 is 2.00 bits per heavy atom. The summed E-state index contributed by atoms with van der Waals surface area (Å²) in [6.45, 7) is 5.46. The molecule has 7 heteroatoms. The fourth-order valence-corrected chi connectivity index (χ4v) is 1.71. The quantitative estimate of drug-likeness (QED) is 0.438. The van der Waals surface area contributed by atoms with Crippen LogP contribution in [0, 0.1) is 0 Å². The van der Waals surface area contributed by atoms with E-state index in [0.717, 1.165) is 26.2 Å². The van der Waals surface area contributed by atoms with E-state index in [1.807, 2.05) is 11.8 Å². The minimum absolute atomic E-state index is 0. The van der Waals surface area contributed by atoms with Crippen molar-refractivity contribution in [3.05, 3.63) is 0 Å². The predicted octanol–water partition coefficient (Wildman–Crippen LogP) is -7.41. The molecular formula is C9H18Li2N2O3. The van der Waals surface area contributed by atoms with E-state index in [2.05, 4.69) is 11.9 Å². The van der Waals surface area contributed by atoms with Crippen molar-refractivity contribution in [2.45, 2.75) is 19.4 Å². The molecular weight excluding hydrogens is 198 g/mol. The van der Waals surface area contributed by atoms with Crippen molar-refractivity contribution in [3.8, 4) is 0 Å². The van der Waals surface area contributed by atoms with Crippen molar-refractivity contribution in [2.75, 3.05) is 33.2 Å². The Kier molecular flexibility index (Phi) is 14.6. The van der Waals surface area contributed by atoms with Crippen molar-refractivity contribution in [3.63, 3.8) is 0 Å². The second-order valence-electron chi connectivity index (χ2n) is 3.58. The van der Waals surface area contributed by atoms with Gasteiger partial charge in [-0.15, -0.1) is 0 Å². The molecule has 84 valence electrons. The van der Waals surface area contributed by atoms with Crippen LogP contribution in [0.1, 0.15) is 13.3 Å². The first-order valence-electron chi connectivity index (χ1n) is 4.78. The Morgan fingerprint density at radius 2 is 1.69 bits per heavy atom. The molecule has 0 radical (unpaired) electrons. The number of carbonyl (C=O) groups is 1. The van der Waals surface area contributed by atoms with E-state index in [9.17, 15) is 9.90 Å². The van der Waals surface area contributed by atoms with Gasteiger partial charge in [0.2, 0.25) is 0 Å². The van der Waals surface area contributed by atoms with E-state index in [-0.39, 0.29) is 43.2 Å². The van der Waals surface area contributed by atoms with Crippen LogP contribution in [0.2, 0.25) is 0 Å². The Bertz CT molecular complexity index is 188. The van der Waals surface area contributed by atoms with Gasteiger partial charge in [0.25, 0.3) is 0 Å². The summed E-state index contributed by atoms with van der Waals surface area (Å²) >= 11 is 0. The summed E-state index contributed by atoms with van der Waals surface area (Å²) in [5.74, 6) is -0.938. The maximum Gasteiger partial charge on any atom is 1.00 e. The second kappa shape index (κ2) is 10.7. The fraction of sp³-hybridized carbons (Fsp3) is 0.889. The van der Waals surface area contributed by atoms with Crippen molar-refractivity contribution in [1.29, 1.82) is 0 Å². The summed E-state index contributed by atoms with van der Waals surface area (Å²) in [7, 11) is 2.05. The van der Waals surface area contributed by atoms with Gasteiger partial charge in [0.1, 0.15) is 0 Å². The maximum absolute atomic E-state index is 10.7. The minimum Gasteiger partial charge on any atom is -0.870 e. The van der Waals surface area contributed by atoms with Gasteiger partial charge in [-0.2, -0.15) is 0 Å². The molecule has 0 aromatic heterocycles. The molecule has 0 aromatic carbocycles. The Balaban J connectivity index is -0.000000563. The van der Waals surface area contributed by atoms with E-state index >= 15 is 0 Å². The SMILES string of the molecule is CCC(C(=O)[O-])N1CCN(C)CC1.[Li+].[Li+].[OH-]. The molecule has 1 unspecified atom stereocenters. The van der Waals surface area contributed by atoms with Gasteiger partial charge in [-0.05, 0) is 13.5 Å². The van der Waals surface area contributed by atoms with Gasteiger partial charge >= 0.3 is 37.7 Å². The zero-order valence-corrected chi connectivity index (χ0v) is 10.8. The number of carboxylic acid groups (broad SMARTS) is 1. The molecule has 1 atom stereocenters. The van der Waals surface area contributed by atoms with Crippen LogP contribution in [-0.2, 0) is 4.79 Å². The molecule has 1 fully saturated rings. The number of likely N-dealkylation sites (N-methyl/N-ethyl adjacent to an activating group) is 1. The number of hydrogen-bond acceptors (Lipinski definition) is 5. The topological polar surface area (TPSA) is 76.6 Å². The second-order valence-corrected chi connectivity index (χ2v) is 3.58. The Hall–Kier alpha value is 0.545. The van der Waals surface area contributed by atoms with Gasteiger partial charge in [0.15, 0.2) is 0 Å². The molecule has 1 rings (SSSR count). The van der Waals surface area contributed by atoms with Crippen LogP contribution in [0.25, 0.3) is 0 Å². The molecule has 1 N–H and O–H groups in total. The molecule has 5 nitrogen and oxygen atoms in total. The van der Waals surface area contributed by atoms with Gasteiger partial charge in [-0.1, -0.05) is 6.92 Å². The number of rotatable bonds is 3. The number of carbonyl (C=O) groups excluding carboxylic acids is 1. The molecule has 1 heterocycles. The molecule has 0 aliphatic carbocycles. The van der Waals surface area contributed by atoms with E-state index in [1.54, 1.807) is 0 Å². The smallest absolute Gasteiger partial charge is 0.870 e. The molecule has 1 aliphatic heterocycles. The number of aliphatic carboxylic acids is 1. The first kappa shape index (κ1) is 21.8. The summed E-state index contributed by atoms with van der Waals surface area (Å²) in [6.07, 6.45) is 0.631. The zero-order chi connectivity index (χ0) is 9.84. The molecule has 0 amide bonds. The third-order valence-corrected chi connectivity index (χ3v) is 2.64. The molecule has 0 bridgehead atoms. The van der Waals surface area contributed by atoms with Crippen LogP contribution in [0.4, 0.5) is 0 Å². The van der Waals surface area contributed by atoms with Gasteiger partial charge in [-0.3, -0.25) is 4.90 Å². The molecule has 0 aromatic rings. The first-order chi connectivity index (χ1) is 6.15. The van der Waals surface area contributed by atoms with Crippen molar-refractivity contribution >= 4 is 5.97 Å². The van der Waals surface area contributed by atoms with Crippen molar-refractivity contribution < 1.29 is 53.1 Å². The van der Waals surface area contributed by atoms with Gasteiger partial charge in [0, 0.05) is 32.2 Å². The summed E-state index contributed by atoms with van der Waals surface area (Å²) in [5, 5.41) is 10.7. The van der Waals surface area contributed by atoms with Gasteiger partial charge in [0.05, 0.1) is 5.97 Å². The third kappa shape index (κ3) is 6.32. The van der Waals surface area contributed by atoms with Gasteiger partial charge < -0.3 is 20.3 Å². The molecule has 1 saturated heterocycles. The number of hydrogen-bond donors (Lipinski definition) is 0. The summed E-state index contributed by atoms with van der Waals surface area (Å²) in [4.78, 5) is 14.9. The monoisotopic (exact) mass is 216 g/mol. The number of piperazine rings is 1. The Labute approximate surface area is 121 Å². The number of nitrogens with zero attached hydrogens (tertiary/aromatic N) is 2. The average molecular weight is 216 g/mol. The van der Waals surface area contributed by atoms with E-state index < -0.39 is 12.0 Å². The van der Waals surface area contributed by atoms with E-state index in [4.69, 9.17) is 0 Å². The fourth-order valence-electron chi connectivity index (χ4n) is 1.71. The molecule has 0 saturated carbocycles. The van der Waals surface area contributed by atoms with Crippen molar-refractivity contribution in [2.24, 2.45) is 0 Å². The van der Waals surface area contributed by atoms with Crippen LogP contribution in [-0.4, -0.2) is 60.5 Å². The van der Waals surface area contributed by atoms with E-state index in [1.165, 1.54) is 0 Å². The summed E-state index contributed by atoms with van der Waals surface area (Å²) in [6, 6.07) is -0.395. The van der Waals surface area contributed by atoms with Crippen LogP contribution < -0.4 is 42.8 Å².